The Kier molecular flexibility index (Phi) is 19.3. The van der Waals surface area contributed by atoms with E-state index in [2.05, 4.69) is 13.8 Å². The van der Waals surface area contributed by atoms with E-state index in [1.807, 2.05) is 0 Å². The first kappa shape index (κ1) is 29.1. The van der Waals surface area contributed by atoms with Gasteiger partial charge in [0, 0.05) is 12.8 Å². The Bertz CT molecular complexity index is 494. The Morgan fingerprint density at radius 3 is 1.70 bits per heavy atom. The molecule has 27 heavy (non-hydrogen) atoms. The predicted octanol–water partition coefficient (Wildman–Crippen LogP) is 0.669. The molecule has 1 unspecified atom stereocenters. The zero-order valence-electron chi connectivity index (χ0n) is 17.0. The summed E-state index contributed by atoms with van der Waals surface area (Å²) in [6, 6.07) is 0. The van der Waals surface area contributed by atoms with Crippen LogP contribution in [0.3, 0.4) is 0 Å². The standard InChI is InChI=1S/C18H34O7S.Na/c1-3-5-7-9-11-13-16(19)24-15-18(26(21,22)23)25-17(20)14-12-10-8-6-4-2;/h18H,3-15H2,1-2H3,(H,21,22,23);/q;+1/p-1. The van der Waals surface area contributed by atoms with Gasteiger partial charge in [-0.2, -0.15) is 0 Å². The normalized spacial score (nSPS) is 12.1. The Morgan fingerprint density at radius 2 is 1.26 bits per heavy atom. The summed E-state index contributed by atoms with van der Waals surface area (Å²) in [7, 11) is -4.90. The van der Waals surface area contributed by atoms with Gasteiger partial charge in [-0.05, 0) is 12.8 Å². The molecule has 154 valence electrons. The van der Waals surface area contributed by atoms with E-state index in [1.165, 1.54) is 0 Å². The maximum Gasteiger partial charge on any atom is 1.00 e. The summed E-state index contributed by atoms with van der Waals surface area (Å²) in [5.74, 6) is -1.35. The first-order chi connectivity index (χ1) is 12.3. The molecule has 0 heterocycles. The van der Waals surface area contributed by atoms with Crippen molar-refractivity contribution >= 4 is 22.1 Å². The van der Waals surface area contributed by atoms with Crippen molar-refractivity contribution in [1.29, 1.82) is 0 Å². The number of carbonyl (C=O) groups is 2. The molecule has 0 aromatic rings. The summed E-state index contributed by atoms with van der Waals surface area (Å²) in [5, 5.41) is 0. The zero-order valence-corrected chi connectivity index (χ0v) is 19.9. The Morgan fingerprint density at radius 1 is 0.815 bits per heavy atom. The topological polar surface area (TPSA) is 110 Å². The van der Waals surface area contributed by atoms with Crippen molar-refractivity contribution in [3.8, 4) is 0 Å². The molecule has 0 saturated heterocycles. The molecule has 9 heteroatoms. The van der Waals surface area contributed by atoms with Crippen molar-refractivity contribution in [2.24, 2.45) is 0 Å². The number of hydrogen-bond acceptors (Lipinski definition) is 7. The maximum absolute atomic E-state index is 11.7. The second-order valence-corrected chi connectivity index (χ2v) is 7.94. The van der Waals surface area contributed by atoms with E-state index in [4.69, 9.17) is 9.47 Å². The van der Waals surface area contributed by atoms with Gasteiger partial charge in [-0.25, -0.2) is 8.42 Å². The Balaban J connectivity index is 0. The van der Waals surface area contributed by atoms with Crippen molar-refractivity contribution in [2.75, 3.05) is 6.61 Å². The van der Waals surface area contributed by atoms with Crippen LogP contribution < -0.4 is 29.6 Å². The van der Waals surface area contributed by atoms with Crippen LogP contribution in [0.5, 0.6) is 0 Å². The smallest absolute Gasteiger partial charge is 0.745 e. The minimum atomic E-state index is -4.90. The van der Waals surface area contributed by atoms with Gasteiger partial charge in [0.15, 0.2) is 0 Å². The molecular weight excluding hydrogens is 383 g/mol. The van der Waals surface area contributed by atoms with E-state index in [0.717, 1.165) is 51.4 Å². The average molecular weight is 417 g/mol. The van der Waals surface area contributed by atoms with E-state index in [1.54, 1.807) is 0 Å². The molecule has 0 aromatic heterocycles. The molecule has 0 aliphatic rings. The van der Waals surface area contributed by atoms with Crippen LogP contribution in [0, 0.1) is 0 Å². The van der Waals surface area contributed by atoms with Crippen LogP contribution in [-0.2, 0) is 29.2 Å². The SMILES string of the molecule is CCCCCCCC(=O)OCC(OC(=O)CCCCCCC)S(=O)(=O)[O-].[Na+]. The van der Waals surface area contributed by atoms with Crippen molar-refractivity contribution in [3.05, 3.63) is 0 Å². The monoisotopic (exact) mass is 416 g/mol. The first-order valence-electron chi connectivity index (χ1n) is 9.61. The molecule has 0 amide bonds. The molecule has 0 bridgehead atoms. The van der Waals surface area contributed by atoms with Gasteiger partial charge in [0.05, 0.1) is 0 Å². The number of carbonyl (C=O) groups excluding carboxylic acids is 2. The molecule has 0 saturated carbocycles. The first-order valence-corrected chi connectivity index (χ1v) is 11.1. The molecule has 0 aliphatic carbocycles. The Labute approximate surface area is 186 Å². The fraction of sp³-hybridized carbons (Fsp3) is 0.889. The van der Waals surface area contributed by atoms with Crippen LogP contribution in [0.4, 0.5) is 0 Å². The van der Waals surface area contributed by atoms with Crippen molar-refractivity contribution in [1.82, 2.24) is 0 Å². The molecule has 0 aromatic carbocycles. The number of rotatable bonds is 16. The van der Waals surface area contributed by atoms with E-state index < -0.39 is 34.1 Å². The van der Waals surface area contributed by atoms with Gasteiger partial charge in [0.25, 0.3) is 0 Å². The largest absolute Gasteiger partial charge is 1.00 e. The molecular formula is C18H33NaO7S. The second kappa shape index (κ2) is 17.9. The molecule has 0 spiro atoms. The molecule has 0 aliphatic heterocycles. The summed E-state index contributed by atoms with van der Waals surface area (Å²) in [6.07, 6.45) is 9.49. The quantitative estimate of drug-likeness (QED) is 0.157. The minimum Gasteiger partial charge on any atom is -0.745 e. The van der Waals surface area contributed by atoms with Gasteiger partial charge < -0.3 is 14.0 Å². The van der Waals surface area contributed by atoms with Crippen LogP contribution in [0.25, 0.3) is 0 Å². The fourth-order valence-electron chi connectivity index (χ4n) is 2.36. The summed E-state index contributed by atoms with van der Waals surface area (Å²) in [6.45, 7) is 3.41. The van der Waals surface area contributed by atoms with E-state index in [-0.39, 0.29) is 42.4 Å². The zero-order chi connectivity index (χ0) is 19.8. The average Bonchev–Trinajstić information content (AvgIpc) is 2.57. The molecule has 0 fully saturated rings. The van der Waals surface area contributed by atoms with Gasteiger partial charge in [0.1, 0.15) is 16.7 Å². The molecule has 1 atom stereocenters. The summed E-state index contributed by atoms with van der Waals surface area (Å²) >= 11 is 0. The molecule has 0 radical (unpaired) electrons. The van der Waals surface area contributed by atoms with Crippen molar-refractivity contribution < 1.29 is 61.6 Å². The van der Waals surface area contributed by atoms with Gasteiger partial charge >= 0.3 is 41.5 Å². The van der Waals surface area contributed by atoms with Crippen LogP contribution in [0.15, 0.2) is 0 Å². The fourth-order valence-corrected chi connectivity index (χ4v) is 2.82. The number of ether oxygens (including phenoxy) is 2. The third-order valence-corrected chi connectivity index (χ3v) is 4.81. The molecule has 0 rings (SSSR count). The molecule has 7 nitrogen and oxygen atoms in total. The number of esters is 2. The van der Waals surface area contributed by atoms with Gasteiger partial charge in [-0.3, -0.25) is 9.59 Å². The summed E-state index contributed by atoms with van der Waals surface area (Å²) in [5.41, 5.74) is -1.98. The van der Waals surface area contributed by atoms with Crippen molar-refractivity contribution in [3.63, 3.8) is 0 Å². The predicted molar refractivity (Wildman–Crippen MR) is 97.3 cm³/mol. The van der Waals surface area contributed by atoms with Crippen LogP contribution in [-0.4, -0.2) is 37.0 Å². The van der Waals surface area contributed by atoms with Gasteiger partial charge in [-0.15, -0.1) is 0 Å². The van der Waals surface area contributed by atoms with Crippen LogP contribution >= 0.6 is 0 Å². The maximum atomic E-state index is 11.7. The van der Waals surface area contributed by atoms with Gasteiger partial charge in [0.2, 0.25) is 5.44 Å². The summed E-state index contributed by atoms with van der Waals surface area (Å²) < 4.78 is 43.1. The third kappa shape index (κ3) is 17.7. The minimum absolute atomic E-state index is 0. The van der Waals surface area contributed by atoms with Crippen LogP contribution in [0.1, 0.15) is 90.9 Å². The summed E-state index contributed by atoms with van der Waals surface area (Å²) in [4.78, 5) is 23.3. The second-order valence-electron chi connectivity index (χ2n) is 6.42. The van der Waals surface area contributed by atoms with E-state index in [9.17, 15) is 22.6 Å². The van der Waals surface area contributed by atoms with E-state index in [0.29, 0.717) is 12.8 Å². The van der Waals surface area contributed by atoms with E-state index >= 15 is 0 Å². The van der Waals surface area contributed by atoms with Crippen LogP contribution in [0.2, 0.25) is 0 Å². The van der Waals surface area contributed by atoms with Gasteiger partial charge in [-0.1, -0.05) is 65.2 Å². The van der Waals surface area contributed by atoms with Crippen molar-refractivity contribution in [2.45, 2.75) is 96.3 Å². The Hall–Kier alpha value is -0.150. The number of unbranched alkanes of at least 4 members (excludes halogenated alkanes) is 8. The third-order valence-electron chi connectivity index (χ3n) is 3.93. The molecule has 0 N–H and O–H groups in total. The number of hydrogen-bond donors (Lipinski definition) is 0.